The maximum atomic E-state index is 6.05. The van der Waals surface area contributed by atoms with Crippen LogP contribution in [0.2, 0.25) is 0 Å². The molecule has 0 saturated heterocycles. The maximum Gasteiger partial charge on any atom is 0.205 e. The largest absolute Gasteiger partial charge is 0.448 e. The van der Waals surface area contributed by atoms with E-state index in [1.165, 1.54) is 21.5 Å². The summed E-state index contributed by atoms with van der Waals surface area (Å²) >= 11 is 0. The zero-order valence-electron chi connectivity index (χ0n) is 31.2. The maximum absolute atomic E-state index is 6.05. The number of pyridine rings is 2. The number of rotatable bonds is 8. The number of nitrogens with zero attached hydrogens (tertiary/aromatic N) is 4. The van der Waals surface area contributed by atoms with Crippen molar-refractivity contribution < 1.29 is 8.83 Å². The molecule has 0 aliphatic carbocycles. The smallest absolute Gasteiger partial charge is 0.205 e. The van der Waals surface area contributed by atoms with Crippen molar-refractivity contribution in [2.24, 2.45) is 0 Å². The topological polar surface area (TPSA) is 58.5 Å². The highest BCUT2D eigenvalue weighted by Crippen LogP contribution is 2.48. The molecule has 0 bridgehead atoms. The number of hydrogen-bond acceptors (Lipinski definition) is 6. The molecular formula is C52H34N4O2. The summed E-state index contributed by atoms with van der Waals surface area (Å²) in [5, 5.41) is 9.20. The van der Waals surface area contributed by atoms with E-state index in [1.807, 2.05) is 73.1 Å². The van der Waals surface area contributed by atoms with Crippen molar-refractivity contribution >= 4 is 77.9 Å². The third kappa shape index (κ3) is 5.74. The molecule has 6 heteroatoms. The fraction of sp³-hybridized carbons (Fsp3) is 0. The van der Waals surface area contributed by atoms with Crippen molar-refractivity contribution in [1.29, 1.82) is 0 Å². The van der Waals surface area contributed by atoms with Gasteiger partial charge in [-0.25, -0.2) is 9.97 Å². The van der Waals surface area contributed by atoms with E-state index < -0.39 is 0 Å². The molecule has 0 spiro atoms. The lowest BCUT2D eigenvalue weighted by Gasteiger charge is -2.25. The number of furan rings is 2. The van der Waals surface area contributed by atoms with Crippen LogP contribution in [0.3, 0.4) is 0 Å². The van der Waals surface area contributed by atoms with Crippen molar-refractivity contribution in [2.45, 2.75) is 0 Å². The zero-order chi connectivity index (χ0) is 38.4. The first-order valence-electron chi connectivity index (χ1n) is 19.3. The van der Waals surface area contributed by atoms with Crippen LogP contribution in [0.5, 0.6) is 0 Å². The molecule has 0 atom stereocenters. The lowest BCUT2D eigenvalue weighted by atomic mass is 9.84. The van der Waals surface area contributed by atoms with E-state index in [-0.39, 0.29) is 0 Å². The van der Waals surface area contributed by atoms with Crippen molar-refractivity contribution in [2.75, 3.05) is 9.80 Å². The molecule has 0 fully saturated rings. The van der Waals surface area contributed by atoms with Gasteiger partial charge in [-0.05, 0) is 138 Å². The van der Waals surface area contributed by atoms with Gasteiger partial charge in [0.2, 0.25) is 11.8 Å². The first-order chi connectivity index (χ1) is 28.8. The molecule has 0 aliphatic rings. The fourth-order valence-corrected chi connectivity index (χ4v) is 8.31. The van der Waals surface area contributed by atoms with Crippen molar-refractivity contribution in [3.8, 4) is 22.3 Å². The van der Waals surface area contributed by atoms with E-state index >= 15 is 0 Å². The number of fused-ring (bicyclic) bond motifs is 4. The number of hydrogen-bond donors (Lipinski definition) is 0. The first-order valence-corrected chi connectivity index (χ1v) is 19.3. The molecule has 11 aromatic rings. The minimum absolute atomic E-state index is 0.679. The van der Waals surface area contributed by atoms with Crippen LogP contribution in [0.15, 0.2) is 216 Å². The Morgan fingerprint density at radius 3 is 1.21 bits per heavy atom. The van der Waals surface area contributed by atoms with Gasteiger partial charge >= 0.3 is 0 Å². The van der Waals surface area contributed by atoms with E-state index in [1.54, 1.807) is 12.5 Å². The van der Waals surface area contributed by atoms with Crippen molar-refractivity contribution in [3.63, 3.8) is 0 Å². The lowest BCUT2D eigenvalue weighted by Crippen LogP contribution is -2.11. The summed E-state index contributed by atoms with van der Waals surface area (Å²) in [7, 11) is 0. The van der Waals surface area contributed by atoms with Gasteiger partial charge in [0.25, 0.3) is 0 Å². The van der Waals surface area contributed by atoms with Gasteiger partial charge in [0, 0.05) is 24.5 Å². The van der Waals surface area contributed by atoms with Gasteiger partial charge < -0.3 is 8.83 Å². The van der Waals surface area contributed by atoms with Crippen molar-refractivity contribution in [3.05, 3.63) is 207 Å². The van der Waals surface area contributed by atoms with Crippen LogP contribution in [0.25, 0.3) is 65.3 Å². The normalized spacial score (nSPS) is 11.4. The van der Waals surface area contributed by atoms with Gasteiger partial charge in [-0.2, -0.15) is 0 Å². The minimum atomic E-state index is 0.679. The molecule has 6 nitrogen and oxygen atoms in total. The Bertz CT molecular complexity index is 3020. The van der Waals surface area contributed by atoms with Crippen LogP contribution < -0.4 is 9.80 Å². The predicted molar refractivity (Wildman–Crippen MR) is 237 cm³/mol. The van der Waals surface area contributed by atoms with E-state index in [2.05, 4.69) is 131 Å². The SMILES string of the molecule is c1ccc(N(c2ccc3c(-c4ccc5ccccc5c4)c4cc(N(c5ccccn5)c5ccco5)ccc4c(-c4ccc5ccccc5c4)c3c2)c2ccco2)nc1. The Kier molecular flexibility index (Phi) is 8.04. The molecule has 0 saturated carbocycles. The Morgan fingerprint density at radius 1 is 0.345 bits per heavy atom. The van der Waals surface area contributed by atoms with Crippen LogP contribution in [0.4, 0.5) is 34.8 Å². The average Bonchev–Trinajstić information content (AvgIpc) is 4.02. The van der Waals surface area contributed by atoms with Crippen molar-refractivity contribution in [1.82, 2.24) is 9.97 Å². The molecule has 4 aromatic heterocycles. The summed E-state index contributed by atoms with van der Waals surface area (Å²) in [6.07, 6.45) is 7.03. The quantitative estimate of drug-likeness (QED) is 0.144. The molecule has 0 aliphatic heterocycles. The zero-order valence-corrected chi connectivity index (χ0v) is 31.2. The summed E-state index contributed by atoms with van der Waals surface area (Å²) in [6, 6.07) is 63.7. The summed E-state index contributed by atoms with van der Waals surface area (Å²) < 4.78 is 12.1. The second kappa shape index (κ2) is 14.0. The predicted octanol–water partition coefficient (Wildman–Crippen LogP) is 14.5. The number of benzene rings is 7. The Hall–Kier alpha value is -7.96. The minimum Gasteiger partial charge on any atom is -0.448 e. The highest BCUT2D eigenvalue weighted by Gasteiger charge is 2.24. The summed E-state index contributed by atoms with van der Waals surface area (Å²) in [6.45, 7) is 0. The van der Waals surface area contributed by atoms with Gasteiger partial charge in [-0.3, -0.25) is 9.80 Å². The van der Waals surface area contributed by atoms with Crippen LogP contribution in [0.1, 0.15) is 0 Å². The van der Waals surface area contributed by atoms with Gasteiger partial charge in [0.05, 0.1) is 23.9 Å². The number of aromatic nitrogens is 2. The lowest BCUT2D eigenvalue weighted by molar-refractivity contribution is 0.573. The van der Waals surface area contributed by atoms with E-state index in [9.17, 15) is 0 Å². The highest BCUT2D eigenvalue weighted by molar-refractivity contribution is 6.23. The summed E-state index contributed by atoms with van der Waals surface area (Å²) in [5.41, 5.74) is 6.39. The Morgan fingerprint density at radius 2 is 0.793 bits per heavy atom. The average molecular weight is 747 g/mol. The van der Waals surface area contributed by atoms with Crippen LogP contribution >= 0.6 is 0 Å². The van der Waals surface area contributed by atoms with E-state index in [0.717, 1.165) is 66.8 Å². The molecule has 0 radical (unpaired) electrons. The molecule has 7 aromatic carbocycles. The van der Waals surface area contributed by atoms with Gasteiger partial charge in [-0.1, -0.05) is 97.1 Å². The molecular weight excluding hydrogens is 713 g/mol. The first kappa shape index (κ1) is 33.4. The Labute approximate surface area is 334 Å². The molecule has 0 unspecified atom stereocenters. The Balaban J connectivity index is 1.26. The van der Waals surface area contributed by atoms with Crippen LogP contribution in [0, 0.1) is 0 Å². The monoisotopic (exact) mass is 746 g/mol. The molecule has 4 heterocycles. The molecule has 11 rings (SSSR count). The summed E-state index contributed by atoms with van der Waals surface area (Å²) in [5.74, 6) is 2.88. The third-order valence-electron chi connectivity index (χ3n) is 10.9. The van der Waals surface area contributed by atoms with Crippen LogP contribution in [-0.2, 0) is 0 Å². The van der Waals surface area contributed by atoms with Gasteiger partial charge in [0.15, 0.2) is 0 Å². The number of anilines is 6. The van der Waals surface area contributed by atoms with Gasteiger partial charge in [-0.15, -0.1) is 0 Å². The molecule has 0 N–H and O–H groups in total. The highest BCUT2D eigenvalue weighted by atomic mass is 16.3. The third-order valence-corrected chi connectivity index (χ3v) is 10.9. The molecule has 0 amide bonds. The fourth-order valence-electron chi connectivity index (χ4n) is 8.31. The second-order valence-corrected chi connectivity index (χ2v) is 14.3. The van der Waals surface area contributed by atoms with Crippen LogP contribution in [-0.4, -0.2) is 9.97 Å². The van der Waals surface area contributed by atoms with E-state index in [0.29, 0.717) is 11.8 Å². The second-order valence-electron chi connectivity index (χ2n) is 14.3. The molecule has 274 valence electrons. The van der Waals surface area contributed by atoms with E-state index in [4.69, 9.17) is 18.8 Å². The molecule has 58 heavy (non-hydrogen) atoms. The standard InChI is InChI=1S/C52H34N4O2/c1-3-13-37-31-39(21-19-35(37)11-1)51-43-25-23-42(56(50-18-10-30-58-50)48-16-6-8-28-54-48)34-46(43)52(40-22-20-36-12-2-4-14-38(36)32-40)44-26-24-41(33-45(44)51)55(49-17-9-29-57-49)47-15-5-7-27-53-47/h1-34H. The summed E-state index contributed by atoms with van der Waals surface area (Å²) in [4.78, 5) is 13.7. The van der Waals surface area contributed by atoms with Gasteiger partial charge in [0.1, 0.15) is 11.6 Å².